The number of imide groups is 1. The summed E-state index contributed by atoms with van der Waals surface area (Å²) < 4.78 is 13.9. The number of nitrogens with zero attached hydrogens (tertiary/aromatic N) is 1. The molecule has 11 heteroatoms. The van der Waals surface area contributed by atoms with Crippen molar-refractivity contribution in [3.05, 3.63) is 16.9 Å². The molecule has 24 heavy (non-hydrogen) atoms. The minimum Gasteiger partial charge on any atom is -0.503 e. The molecular weight excluding hydrogens is 319 g/mol. The van der Waals surface area contributed by atoms with Crippen LogP contribution in [0, 0.1) is 5.82 Å². The highest BCUT2D eigenvalue weighted by Crippen LogP contribution is 2.43. The number of anilines is 1. The van der Waals surface area contributed by atoms with E-state index < -0.39 is 63.2 Å². The first-order valence-corrected chi connectivity index (χ1v) is 6.87. The fourth-order valence-electron chi connectivity index (χ4n) is 3.05. The minimum atomic E-state index is -2.61. The summed E-state index contributed by atoms with van der Waals surface area (Å²) in [5.74, 6) is -4.82. The number of nitrogens with one attached hydrogen (secondary N) is 1. The molecule has 2 heterocycles. The number of nitrogen functional groups attached to an aromatic ring is 1. The molecule has 0 aromatic heterocycles. The zero-order valence-electron chi connectivity index (χ0n) is 12.2. The summed E-state index contributed by atoms with van der Waals surface area (Å²) in [5, 5.41) is 22.3. The van der Waals surface area contributed by atoms with Crippen molar-refractivity contribution in [2.75, 3.05) is 5.73 Å². The largest absolute Gasteiger partial charge is 0.503 e. The summed E-state index contributed by atoms with van der Waals surface area (Å²) in [5.41, 5.74) is 0.524. The van der Waals surface area contributed by atoms with E-state index in [1.807, 2.05) is 5.32 Å². The maximum absolute atomic E-state index is 13.9. The van der Waals surface area contributed by atoms with E-state index in [0.29, 0.717) is 4.90 Å². The highest BCUT2D eigenvalue weighted by Gasteiger charge is 2.53. The number of amides is 3. The van der Waals surface area contributed by atoms with Crippen molar-refractivity contribution < 1.29 is 29.0 Å². The number of carbonyl (C=O) groups is 3. The molecule has 0 bridgehead atoms. The lowest BCUT2D eigenvalue weighted by molar-refractivity contribution is -0.141. The molecular formula is C13H10B2FN3O5. The Morgan fingerprint density at radius 3 is 2.58 bits per heavy atom. The molecule has 5 N–H and O–H groups in total. The Hall–Kier alpha value is -2.55. The van der Waals surface area contributed by atoms with Gasteiger partial charge in [0.1, 0.15) is 19.5 Å². The monoisotopic (exact) mass is 329 g/mol. The van der Waals surface area contributed by atoms with Gasteiger partial charge in [-0.05, 0) is 11.9 Å². The van der Waals surface area contributed by atoms with E-state index in [0.717, 1.165) is 0 Å². The fraction of sp³-hybridized carbons (Fsp3) is 0.308. The van der Waals surface area contributed by atoms with Gasteiger partial charge in [-0.2, -0.15) is 0 Å². The number of halogens is 1. The smallest absolute Gasteiger partial charge is 0.256 e. The van der Waals surface area contributed by atoms with E-state index >= 15 is 0 Å². The van der Waals surface area contributed by atoms with Crippen molar-refractivity contribution in [3.8, 4) is 5.75 Å². The second kappa shape index (κ2) is 4.97. The number of carbonyl (C=O) groups excluding carboxylic acids is 3. The highest BCUT2D eigenvalue weighted by molar-refractivity contribution is 6.39. The quantitative estimate of drug-likeness (QED) is 0.194. The van der Waals surface area contributed by atoms with Crippen LogP contribution >= 0.6 is 0 Å². The van der Waals surface area contributed by atoms with Gasteiger partial charge in [0.05, 0.1) is 5.69 Å². The van der Waals surface area contributed by atoms with Crippen LogP contribution in [0.1, 0.15) is 28.8 Å². The molecule has 0 aliphatic carbocycles. The van der Waals surface area contributed by atoms with Crippen molar-refractivity contribution >= 4 is 44.6 Å². The number of rotatable bonds is 1. The van der Waals surface area contributed by atoms with Gasteiger partial charge in [-0.3, -0.25) is 19.7 Å². The normalized spacial score (nSPS) is 26.5. The standard InChI is InChI=1S/C13H10B2FN3O5/c14-7-5-6(9(17)10(21)8(7)16)13(15,24)19(12(5)23)3-1-2-4(20)18-11(3)22/h3,21,24H,1-2,17H2,(H,18,20,22). The Morgan fingerprint density at radius 1 is 1.38 bits per heavy atom. The first kappa shape index (κ1) is 16.3. The maximum atomic E-state index is 13.9. The Balaban J connectivity index is 2.18. The molecule has 2 unspecified atom stereocenters. The van der Waals surface area contributed by atoms with Gasteiger partial charge in [-0.25, -0.2) is 4.39 Å². The van der Waals surface area contributed by atoms with Gasteiger partial charge in [0, 0.05) is 17.5 Å². The summed E-state index contributed by atoms with van der Waals surface area (Å²) in [6.45, 7) is 0. The van der Waals surface area contributed by atoms with Crippen LogP contribution in [0.4, 0.5) is 10.1 Å². The molecule has 2 atom stereocenters. The molecule has 8 nitrogen and oxygen atoms in total. The minimum absolute atomic E-state index is 0.0861. The van der Waals surface area contributed by atoms with Gasteiger partial charge < -0.3 is 20.8 Å². The topological polar surface area (TPSA) is 133 Å². The predicted molar refractivity (Wildman–Crippen MR) is 79.9 cm³/mol. The summed E-state index contributed by atoms with van der Waals surface area (Å²) in [7, 11) is 11.3. The van der Waals surface area contributed by atoms with Crippen LogP contribution in [0.2, 0.25) is 0 Å². The van der Waals surface area contributed by atoms with E-state index in [1.165, 1.54) is 0 Å². The first-order valence-electron chi connectivity index (χ1n) is 6.87. The molecule has 4 radical (unpaired) electrons. The molecule has 0 saturated carbocycles. The van der Waals surface area contributed by atoms with E-state index in [1.54, 1.807) is 0 Å². The lowest BCUT2D eigenvalue weighted by Gasteiger charge is -2.38. The van der Waals surface area contributed by atoms with Crippen molar-refractivity contribution in [1.82, 2.24) is 10.2 Å². The second-order valence-corrected chi connectivity index (χ2v) is 5.61. The molecule has 3 amide bonds. The molecule has 1 aromatic carbocycles. The molecule has 1 fully saturated rings. The Kier molecular flexibility index (Phi) is 3.38. The number of piperidine rings is 1. The van der Waals surface area contributed by atoms with Crippen LogP contribution in [-0.2, 0) is 15.2 Å². The molecule has 0 spiro atoms. The van der Waals surface area contributed by atoms with Crippen LogP contribution in [0.15, 0.2) is 0 Å². The average Bonchev–Trinajstić information content (AvgIpc) is 2.70. The van der Waals surface area contributed by atoms with Crippen molar-refractivity contribution in [2.24, 2.45) is 0 Å². The van der Waals surface area contributed by atoms with Gasteiger partial charge in [0.25, 0.3) is 5.91 Å². The second-order valence-electron chi connectivity index (χ2n) is 5.61. The van der Waals surface area contributed by atoms with Gasteiger partial charge >= 0.3 is 0 Å². The number of aliphatic hydroxyl groups is 1. The number of fused-ring (bicyclic) bond motifs is 1. The van der Waals surface area contributed by atoms with Gasteiger partial charge in [-0.15, -0.1) is 0 Å². The first-order chi connectivity index (χ1) is 11.1. The third-order valence-corrected chi connectivity index (χ3v) is 4.18. The van der Waals surface area contributed by atoms with Gasteiger partial charge in [0.15, 0.2) is 19.4 Å². The number of phenols is 1. The van der Waals surface area contributed by atoms with E-state index in [2.05, 4.69) is 0 Å². The van der Waals surface area contributed by atoms with E-state index in [-0.39, 0.29) is 12.8 Å². The number of aromatic hydroxyl groups is 1. The SMILES string of the molecule is [B]c1c(F)c(O)c(N)c2c1C(=O)N(C1CCC(=O)NC1=O)C2([B])O. The summed E-state index contributed by atoms with van der Waals surface area (Å²) in [6.07, 6.45) is -0.185. The molecule has 2 aliphatic heterocycles. The van der Waals surface area contributed by atoms with E-state index in [9.17, 15) is 29.0 Å². The lowest BCUT2D eigenvalue weighted by atomic mass is 9.78. The number of hydrogen-bond donors (Lipinski definition) is 4. The molecule has 1 aromatic rings. The highest BCUT2D eigenvalue weighted by atomic mass is 19.1. The predicted octanol–water partition coefficient (Wildman–Crippen LogP) is -2.56. The van der Waals surface area contributed by atoms with Gasteiger partial charge in [0.2, 0.25) is 11.8 Å². The van der Waals surface area contributed by atoms with Crippen molar-refractivity contribution in [3.63, 3.8) is 0 Å². The lowest BCUT2D eigenvalue weighted by Crippen LogP contribution is -2.59. The van der Waals surface area contributed by atoms with Crippen LogP contribution < -0.4 is 16.5 Å². The molecule has 120 valence electrons. The zero-order chi connectivity index (χ0) is 18.0. The maximum Gasteiger partial charge on any atom is 0.256 e. The van der Waals surface area contributed by atoms with Crippen LogP contribution in [0.3, 0.4) is 0 Å². The summed E-state index contributed by atoms with van der Waals surface area (Å²) >= 11 is 0. The van der Waals surface area contributed by atoms with Crippen LogP contribution in [0.25, 0.3) is 0 Å². The zero-order valence-corrected chi connectivity index (χ0v) is 12.2. The van der Waals surface area contributed by atoms with E-state index in [4.69, 9.17) is 21.4 Å². The van der Waals surface area contributed by atoms with Crippen molar-refractivity contribution in [1.29, 1.82) is 0 Å². The number of phenolic OH excluding ortho intramolecular Hbond substituents is 1. The fourth-order valence-corrected chi connectivity index (χ4v) is 3.05. The molecule has 3 rings (SSSR count). The van der Waals surface area contributed by atoms with Crippen LogP contribution in [0.5, 0.6) is 5.75 Å². The average molecular weight is 329 g/mol. The summed E-state index contributed by atoms with van der Waals surface area (Å²) in [4.78, 5) is 36.4. The Labute approximate surface area is 137 Å². The molecule has 2 aliphatic rings. The Bertz CT molecular complexity index is 814. The van der Waals surface area contributed by atoms with Crippen LogP contribution in [-0.4, -0.2) is 54.6 Å². The number of benzene rings is 1. The third-order valence-electron chi connectivity index (χ3n) is 4.18. The van der Waals surface area contributed by atoms with Crippen molar-refractivity contribution in [2.45, 2.75) is 24.5 Å². The van der Waals surface area contributed by atoms with Gasteiger partial charge in [-0.1, -0.05) is 0 Å². The molecule has 1 saturated heterocycles. The number of hydrogen-bond acceptors (Lipinski definition) is 6. The number of nitrogens with two attached hydrogens (primary N) is 1. The Morgan fingerprint density at radius 2 is 2.00 bits per heavy atom. The summed E-state index contributed by atoms with van der Waals surface area (Å²) in [6, 6.07) is -1.29. The third kappa shape index (κ3) is 1.94.